The van der Waals surface area contributed by atoms with E-state index in [1.165, 1.54) is 12.1 Å². The number of rotatable bonds is 4. The summed E-state index contributed by atoms with van der Waals surface area (Å²) in [6, 6.07) is 10.1. The van der Waals surface area contributed by atoms with Crippen LogP contribution in [0.1, 0.15) is 5.56 Å². The van der Waals surface area contributed by atoms with E-state index in [1.807, 2.05) is 18.2 Å². The van der Waals surface area contributed by atoms with Crippen LogP contribution < -0.4 is 14.8 Å². The van der Waals surface area contributed by atoms with E-state index in [9.17, 15) is 10.1 Å². The summed E-state index contributed by atoms with van der Waals surface area (Å²) in [6.07, 6.45) is 0. The Bertz CT molecular complexity index is 865. The molecule has 0 unspecified atom stereocenters. The summed E-state index contributed by atoms with van der Waals surface area (Å²) < 4.78 is 10.6. The van der Waals surface area contributed by atoms with E-state index >= 15 is 0 Å². The van der Waals surface area contributed by atoms with Crippen molar-refractivity contribution >= 4 is 22.7 Å². The van der Waals surface area contributed by atoms with Gasteiger partial charge in [0.15, 0.2) is 11.5 Å². The minimum Gasteiger partial charge on any atom is -0.454 e. The first-order valence-electron chi connectivity index (χ1n) is 6.95. The van der Waals surface area contributed by atoms with Crippen molar-refractivity contribution in [3.8, 4) is 11.5 Å². The van der Waals surface area contributed by atoms with Crippen LogP contribution >= 0.6 is 0 Å². The molecule has 0 radical (unpaired) electrons. The fourth-order valence-corrected chi connectivity index (χ4v) is 2.45. The molecule has 3 aromatic rings. The van der Waals surface area contributed by atoms with E-state index in [0.29, 0.717) is 24.0 Å². The fraction of sp³-hybridized carbons (Fsp3) is 0.133. The van der Waals surface area contributed by atoms with Crippen LogP contribution in [0.2, 0.25) is 0 Å². The second kappa shape index (κ2) is 5.16. The zero-order valence-corrected chi connectivity index (χ0v) is 11.9. The third-order valence-electron chi connectivity index (χ3n) is 3.56. The number of nitro groups is 1. The van der Waals surface area contributed by atoms with Gasteiger partial charge >= 0.3 is 0 Å². The molecule has 0 atom stereocenters. The molecule has 2 heterocycles. The number of aromatic nitrogens is 2. The number of H-pyrrole nitrogens is 1. The van der Waals surface area contributed by atoms with Crippen LogP contribution in [0, 0.1) is 10.1 Å². The molecule has 0 saturated carbocycles. The van der Waals surface area contributed by atoms with Gasteiger partial charge in [-0.15, -0.1) is 0 Å². The number of nitrogens with one attached hydrogen (secondary N) is 2. The molecule has 0 fully saturated rings. The third-order valence-corrected chi connectivity index (χ3v) is 3.56. The highest BCUT2D eigenvalue weighted by molar-refractivity contribution is 5.81. The van der Waals surface area contributed by atoms with E-state index < -0.39 is 4.92 Å². The smallest absolute Gasteiger partial charge is 0.269 e. The first-order chi connectivity index (χ1) is 11.2. The van der Waals surface area contributed by atoms with Gasteiger partial charge in [0.25, 0.3) is 5.69 Å². The van der Waals surface area contributed by atoms with E-state index in [-0.39, 0.29) is 12.5 Å². The van der Waals surface area contributed by atoms with Crippen LogP contribution in [0.4, 0.5) is 11.6 Å². The first kappa shape index (κ1) is 13.4. The van der Waals surface area contributed by atoms with Crippen molar-refractivity contribution in [2.45, 2.75) is 6.54 Å². The van der Waals surface area contributed by atoms with Crippen LogP contribution in [0.15, 0.2) is 36.4 Å². The number of aromatic amines is 1. The molecule has 1 aliphatic heterocycles. The molecule has 0 aliphatic carbocycles. The lowest BCUT2D eigenvalue weighted by Gasteiger charge is -2.02. The number of fused-ring (bicyclic) bond motifs is 2. The maximum absolute atomic E-state index is 10.8. The number of hydrogen-bond donors (Lipinski definition) is 2. The van der Waals surface area contributed by atoms with Gasteiger partial charge in [-0.05, 0) is 5.56 Å². The SMILES string of the molecule is O=[N+]([O-])c1cccc(CNc2nc3cc4c(cc3[nH]2)OCO4)c1. The van der Waals surface area contributed by atoms with Gasteiger partial charge in [0.1, 0.15) is 0 Å². The molecule has 23 heavy (non-hydrogen) atoms. The molecule has 4 rings (SSSR count). The fourth-order valence-electron chi connectivity index (χ4n) is 2.45. The number of anilines is 1. The standard InChI is InChI=1S/C15H12N4O4/c20-19(21)10-3-1-2-9(4-10)7-16-15-17-11-5-13-14(23-8-22-13)6-12(11)18-15/h1-6H,7-8H2,(H2,16,17,18). The number of nitro benzene ring substituents is 1. The molecule has 1 aromatic heterocycles. The Balaban J connectivity index is 1.54. The molecular weight excluding hydrogens is 300 g/mol. The Kier molecular flexibility index (Phi) is 3.00. The molecular formula is C15H12N4O4. The van der Waals surface area contributed by atoms with Crippen molar-refractivity contribution in [3.05, 3.63) is 52.1 Å². The van der Waals surface area contributed by atoms with Crippen LogP contribution in [-0.2, 0) is 6.54 Å². The number of non-ortho nitro benzene ring substituents is 1. The Labute approximate surface area is 130 Å². The average Bonchev–Trinajstić information content (AvgIpc) is 3.16. The van der Waals surface area contributed by atoms with Crippen LogP contribution in [0.5, 0.6) is 11.5 Å². The van der Waals surface area contributed by atoms with Gasteiger partial charge in [-0.2, -0.15) is 0 Å². The summed E-state index contributed by atoms with van der Waals surface area (Å²) in [5.41, 5.74) is 2.46. The van der Waals surface area contributed by atoms with Crippen molar-refractivity contribution in [2.24, 2.45) is 0 Å². The van der Waals surface area contributed by atoms with Gasteiger partial charge in [-0.1, -0.05) is 12.1 Å². The maximum atomic E-state index is 10.8. The maximum Gasteiger partial charge on any atom is 0.269 e. The van der Waals surface area contributed by atoms with E-state index in [1.54, 1.807) is 6.07 Å². The lowest BCUT2D eigenvalue weighted by molar-refractivity contribution is -0.384. The van der Waals surface area contributed by atoms with Crippen molar-refractivity contribution in [2.75, 3.05) is 12.1 Å². The summed E-state index contributed by atoms with van der Waals surface area (Å²) in [7, 11) is 0. The summed E-state index contributed by atoms with van der Waals surface area (Å²) in [6.45, 7) is 0.647. The number of benzene rings is 2. The molecule has 0 bridgehead atoms. The molecule has 8 nitrogen and oxygen atoms in total. The molecule has 1 aliphatic rings. The van der Waals surface area contributed by atoms with Gasteiger partial charge < -0.3 is 19.8 Å². The van der Waals surface area contributed by atoms with Crippen LogP contribution in [0.25, 0.3) is 11.0 Å². The first-order valence-corrected chi connectivity index (χ1v) is 6.95. The Hall–Kier alpha value is -3.29. The second-order valence-electron chi connectivity index (χ2n) is 5.09. The minimum atomic E-state index is -0.410. The molecule has 2 N–H and O–H groups in total. The minimum absolute atomic E-state index is 0.0691. The van der Waals surface area contributed by atoms with Gasteiger partial charge in [0.2, 0.25) is 12.7 Å². The Morgan fingerprint density at radius 2 is 2.09 bits per heavy atom. The monoisotopic (exact) mass is 312 g/mol. The summed E-state index contributed by atoms with van der Waals surface area (Å²) in [4.78, 5) is 17.9. The molecule has 0 amide bonds. The Morgan fingerprint density at radius 1 is 1.26 bits per heavy atom. The van der Waals surface area contributed by atoms with Gasteiger partial charge in [-0.25, -0.2) is 4.98 Å². The van der Waals surface area contributed by atoms with Crippen molar-refractivity contribution in [3.63, 3.8) is 0 Å². The highest BCUT2D eigenvalue weighted by atomic mass is 16.7. The predicted molar refractivity (Wildman–Crippen MR) is 82.6 cm³/mol. The summed E-state index contributed by atoms with van der Waals surface area (Å²) >= 11 is 0. The van der Waals surface area contributed by atoms with Gasteiger partial charge in [-0.3, -0.25) is 10.1 Å². The quantitative estimate of drug-likeness (QED) is 0.567. The Morgan fingerprint density at radius 3 is 2.91 bits per heavy atom. The average molecular weight is 312 g/mol. The number of nitrogens with zero attached hydrogens (tertiary/aromatic N) is 2. The number of imidazole rings is 1. The predicted octanol–water partition coefficient (Wildman–Crippen LogP) is 2.81. The topological polar surface area (TPSA) is 102 Å². The number of hydrogen-bond acceptors (Lipinski definition) is 6. The lowest BCUT2D eigenvalue weighted by atomic mass is 10.2. The highest BCUT2D eigenvalue weighted by Gasteiger charge is 2.16. The summed E-state index contributed by atoms with van der Waals surface area (Å²) in [5.74, 6) is 1.94. The van der Waals surface area contributed by atoms with Crippen LogP contribution in [0.3, 0.4) is 0 Å². The molecule has 0 spiro atoms. The highest BCUT2D eigenvalue weighted by Crippen LogP contribution is 2.35. The third kappa shape index (κ3) is 2.50. The van der Waals surface area contributed by atoms with Crippen molar-refractivity contribution in [1.82, 2.24) is 9.97 Å². The zero-order chi connectivity index (χ0) is 15.8. The summed E-state index contributed by atoms with van der Waals surface area (Å²) in [5, 5.41) is 13.9. The van der Waals surface area contributed by atoms with E-state index in [4.69, 9.17) is 9.47 Å². The van der Waals surface area contributed by atoms with Crippen molar-refractivity contribution < 1.29 is 14.4 Å². The molecule has 116 valence electrons. The number of ether oxygens (including phenoxy) is 2. The van der Waals surface area contributed by atoms with Gasteiger partial charge in [0.05, 0.1) is 16.0 Å². The van der Waals surface area contributed by atoms with Crippen molar-refractivity contribution in [1.29, 1.82) is 0 Å². The molecule has 0 saturated heterocycles. The second-order valence-corrected chi connectivity index (χ2v) is 5.09. The molecule has 8 heteroatoms. The van der Waals surface area contributed by atoms with Crippen LogP contribution in [-0.4, -0.2) is 21.7 Å². The zero-order valence-electron chi connectivity index (χ0n) is 11.9. The lowest BCUT2D eigenvalue weighted by Crippen LogP contribution is -2.01. The van der Waals surface area contributed by atoms with E-state index in [2.05, 4.69) is 15.3 Å². The van der Waals surface area contributed by atoms with Gasteiger partial charge in [0, 0.05) is 30.8 Å². The normalized spacial score (nSPS) is 12.5. The molecule has 2 aromatic carbocycles. The van der Waals surface area contributed by atoms with E-state index in [0.717, 1.165) is 16.6 Å². The largest absolute Gasteiger partial charge is 0.454 e.